The number of hydrogen-bond donors (Lipinski definition) is 1. The van der Waals surface area contributed by atoms with E-state index in [1.807, 2.05) is 48.5 Å². The first kappa shape index (κ1) is 20.8. The molecule has 2 atom stereocenters. The summed E-state index contributed by atoms with van der Waals surface area (Å²) in [7, 11) is -1.48. The summed E-state index contributed by atoms with van der Waals surface area (Å²) in [4.78, 5) is 1.20. The molecule has 4 heteroatoms. The van der Waals surface area contributed by atoms with E-state index in [1.165, 1.54) is 4.90 Å². The quantitative estimate of drug-likeness (QED) is 0.401. The second-order valence-corrected chi connectivity index (χ2v) is 13.2. The first-order chi connectivity index (χ1) is 12.4. The van der Waals surface area contributed by atoms with E-state index in [0.29, 0.717) is 13.2 Å². The lowest BCUT2D eigenvalue weighted by molar-refractivity contribution is 0.0143. The van der Waals surface area contributed by atoms with Crippen molar-refractivity contribution in [2.45, 2.75) is 37.2 Å². The lowest BCUT2D eigenvalue weighted by Crippen LogP contribution is -2.28. The van der Waals surface area contributed by atoms with Crippen LogP contribution in [-0.4, -0.2) is 31.6 Å². The van der Waals surface area contributed by atoms with E-state index in [-0.39, 0.29) is 5.92 Å². The fourth-order valence-electron chi connectivity index (χ4n) is 2.25. The molecule has 26 heavy (non-hydrogen) atoms. The number of aliphatic hydroxyl groups excluding tert-OH is 1. The zero-order chi connectivity index (χ0) is 18.8. The molecule has 0 aliphatic rings. The third-order valence-corrected chi connectivity index (χ3v) is 5.70. The van der Waals surface area contributed by atoms with Crippen LogP contribution >= 0.6 is 11.8 Å². The van der Waals surface area contributed by atoms with Crippen LogP contribution in [0.2, 0.25) is 19.6 Å². The molecule has 0 unspecified atom stereocenters. The summed E-state index contributed by atoms with van der Waals surface area (Å²) in [5.74, 6) is 4.01. The van der Waals surface area contributed by atoms with Crippen molar-refractivity contribution in [2.24, 2.45) is 5.92 Å². The van der Waals surface area contributed by atoms with Crippen LogP contribution in [0.15, 0.2) is 65.6 Å². The van der Waals surface area contributed by atoms with Crippen molar-refractivity contribution >= 4 is 19.8 Å². The van der Waals surface area contributed by atoms with E-state index in [2.05, 4.69) is 43.2 Å². The molecule has 0 amide bonds. The van der Waals surface area contributed by atoms with Crippen molar-refractivity contribution < 1.29 is 9.84 Å². The lowest BCUT2D eigenvalue weighted by Gasteiger charge is -2.19. The molecule has 0 radical (unpaired) electrons. The highest BCUT2D eigenvalue weighted by molar-refractivity contribution is 7.99. The van der Waals surface area contributed by atoms with Gasteiger partial charge in [-0.1, -0.05) is 68.2 Å². The molecule has 0 spiro atoms. The van der Waals surface area contributed by atoms with E-state index in [1.54, 1.807) is 11.8 Å². The van der Waals surface area contributed by atoms with Gasteiger partial charge in [-0.3, -0.25) is 0 Å². The molecule has 0 bridgehead atoms. The van der Waals surface area contributed by atoms with Gasteiger partial charge in [0.2, 0.25) is 0 Å². The Hall–Kier alpha value is -1.51. The Bertz CT molecular complexity index is 702. The van der Waals surface area contributed by atoms with Crippen LogP contribution < -0.4 is 0 Å². The Kier molecular flexibility index (Phi) is 8.47. The lowest BCUT2D eigenvalue weighted by atomic mass is 10.1. The molecule has 2 nitrogen and oxygen atoms in total. The summed E-state index contributed by atoms with van der Waals surface area (Å²) in [5.41, 5.74) is 4.52. The molecular weight excluding hydrogens is 356 g/mol. The summed E-state index contributed by atoms with van der Waals surface area (Å²) in [6.45, 7) is 7.48. The van der Waals surface area contributed by atoms with Crippen LogP contribution in [-0.2, 0) is 11.3 Å². The van der Waals surface area contributed by atoms with Gasteiger partial charge in [0.25, 0.3) is 0 Å². The van der Waals surface area contributed by atoms with Gasteiger partial charge in [-0.05, 0) is 17.7 Å². The highest BCUT2D eigenvalue weighted by Crippen LogP contribution is 2.22. The summed E-state index contributed by atoms with van der Waals surface area (Å²) < 4.78 is 5.73. The molecule has 2 rings (SSSR count). The van der Waals surface area contributed by atoms with Crippen molar-refractivity contribution in [1.29, 1.82) is 0 Å². The molecule has 138 valence electrons. The average molecular weight is 385 g/mol. The molecule has 1 N–H and O–H groups in total. The third kappa shape index (κ3) is 8.24. The van der Waals surface area contributed by atoms with Crippen LogP contribution in [0.25, 0.3) is 0 Å². The van der Waals surface area contributed by atoms with Gasteiger partial charge in [0.1, 0.15) is 8.07 Å². The number of rotatable bonds is 8. The van der Waals surface area contributed by atoms with Gasteiger partial charge in [-0.25, -0.2) is 0 Å². The number of thioether (sulfide) groups is 1. The third-order valence-electron chi connectivity index (χ3n) is 3.67. The molecule has 0 saturated carbocycles. The number of benzene rings is 2. The van der Waals surface area contributed by atoms with Gasteiger partial charge in [0, 0.05) is 10.6 Å². The summed E-state index contributed by atoms with van der Waals surface area (Å²) in [5, 5.41) is 10.6. The Morgan fingerprint density at radius 1 is 1.00 bits per heavy atom. The Balaban J connectivity index is 1.93. The molecule has 0 heterocycles. The maximum absolute atomic E-state index is 10.6. The molecule has 0 aliphatic heterocycles. The SMILES string of the molecule is C[Si](C)(C)C#C[C@@H](CSc1ccccc1)[C@@H](O)COCc1ccccc1. The number of ether oxygens (including phenoxy) is 1. The maximum atomic E-state index is 10.6. The van der Waals surface area contributed by atoms with Gasteiger partial charge >= 0.3 is 0 Å². The zero-order valence-electron chi connectivity index (χ0n) is 15.8. The highest BCUT2D eigenvalue weighted by atomic mass is 32.2. The smallest absolute Gasteiger partial charge is 0.129 e. The molecular formula is C22H28O2SSi. The average Bonchev–Trinajstić information content (AvgIpc) is 2.62. The topological polar surface area (TPSA) is 29.5 Å². The number of hydrogen-bond acceptors (Lipinski definition) is 3. The molecule has 0 saturated heterocycles. The van der Waals surface area contributed by atoms with Crippen LogP contribution in [0.5, 0.6) is 0 Å². The summed E-state index contributed by atoms with van der Waals surface area (Å²) >= 11 is 1.73. The first-order valence-corrected chi connectivity index (χ1v) is 13.4. The molecule has 0 fully saturated rings. The van der Waals surface area contributed by atoms with Crippen LogP contribution in [0.3, 0.4) is 0 Å². The predicted molar refractivity (Wildman–Crippen MR) is 114 cm³/mol. The molecule has 0 aromatic heterocycles. The summed E-state index contributed by atoms with van der Waals surface area (Å²) in [6, 6.07) is 20.3. The van der Waals surface area contributed by atoms with Gasteiger partial charge in [-0.15, -0.1) is 23.2 Å². The molecule has 2 aromatic carbocycles. The second-order valence-electron chi connectivity index (χ2n) is 7.32. The van der Waals surface area contributed by atoms with E-state index in [0.717, 1.165) is 11.3 Å². The van der Waals surface area contributed by atoms with Crippen molar-refractivity contribution in [3.8, 4) is 11.5 Å². The van der Waals surface area contributed by atoms with Gasteiger partial charge in [0.15, 0.2) is 0 Å². The van der Waals surface area contributed by atoms with Crippen molar-refractivity contribution in [3.63, 3.8) is 0 Å². The Labute approximate surface area is 163 Å². The predicted octanol–water partition coefficient (Wildman–Crippen LogP) is 4.85. The Morgan fingerprint density at radius 3 is 2.23 bits per heavy atom. The van der Waals surface area contributed by atoms with E-state index < -0.39 is 14.2 Å². The van der Waals surface area contributed by atoms with Crippen LogP contribution in [0, 0.1) is 17.4 Å². The maximum Gasteiger partial charge on any atom is 0.129 e. The minimum Gasteiger partial charge on any atom is -0.389 e. The molecule has 2 aromatic rings. The number of aliphatic hydroxyl groups is 1. The van der Waals surface area contributed by atoms with Gasteiger partial charge in [0.05, 0.1) is 25.2 Å². The van der Waals surface area contributed by atoms with E-state index in [9.17, 15) is 5.11 Å². The standard InChI is InChI=1S/C22H28O2SSi/c1-26(2,3)15-14-20(18-25-21-12-8-5-9-13-21)22(23)17-24-16-19-10-6-4-7-11-19/h4-13,20,22-23H,16-18H2,1-3H3/t20-,22-/m0/s1. The minimum absolute atomic E-state index is 0.0947. The Morgan fingerprint density at radius 2 is 1.62 bits per heavy atom. The fourth-order valence-corrected chi connectivity index (χ4v) is 3.89. The van der Waals surface area contributed by atoms with E-state index in [4.69, 9.17) is 4.74 Å². The van der Waals surface area contributed by atoms with Crippen molar-refractivity contribution in [2.75, 3.05) is 12.4 Å². The van der Waals surface area contributed by atoms with Gasteiger partial charge in [-0.2, -0.15) is 0 Å². The fraction of sp³-hybridized carbons (Fsp3) is 0.364. The first-order valence-electron chi connectivity index (χ1n) is 8.94. The summed E-state index contributed by atoms with van der Waals surface area (Å²) in [6.07, 6.45) is -0.584. The monoisotopic (exact) mass is 384 g/mol. The minimum atomic E-state index is -1.48. The highest BCUT2D eigenvalue weighted by Gasteiger charge is 2.19. The largest absolute Gasteiger partial charge is 0.389 e. The van der Waals surface area contributed by atoms with E-state index >= 15 is 0 Å². The normalized spacial score (nSPS) is 13.5. The second kappa shape index (κ2) is 10.6. The van der Waals surface area contributed by atoms with Crippen LogP contribution in [0.4, 0.5) is 0 Å². The van der Waals surface area contributed by atoms with Crippen LogP contribution in [0.1, 0.15) is 5.56 Å². The van der Waals surface area contributed by atoms with Gasteiger partial charge < -0.3 is 9.84 Å². The van der Waals surface area contributed by atoms with Crippen molar-refractivity contribution in [1.82, 2.24) is 0 Å². The van der Waals surface area contributed by atoms with Crippen molar-refractivity contribution in [3.05, 3.63) is 66.2 Å². The molecule has 0 aliphatic carbocycles. The zero-order valence-corrected chi connectivity index (χ0v) is 17.6.